The fourth-order valence-corrected chi connectivity index (χ4v) is 3.39. The summed E-state index contributed by atoms with van der Waals surface area (Å²) < 4.78 is 27.3. The molecule has 1 aliphatic rings. The van der Waals surface area contributed by atoms with Gasteiger partial charge in [0.2, 0.25) is 5.75 Å². The highest BCUT2D eigenvalue weighted by Crippen LogP contribution is 2.44. The quantitative estimate of drug-likeness (QED) is 0.515. The number of carbonyl (C=O) groups excluding carboxylic acids is 1. The number of ether oxygens (including phenoxy) is 5. The van der Waals surface area contributed by atoms with Crippen LogP contribution >= 0.6 is 0 Å². The summed E-state index contributed by atoms with van der Waals surface area (Å²) in [6.45, 7) is 3.79. The molecular formula is C24H26O7. The number of allylic oxidation sites excluding steroid dienone is 1. The van der Waals surface area contributed by atoms with E-state index in [4.69, 9.17) is 23.7 Å². The van der Waals surface area contributed by atoms with Gasteiger partial charge in [-0.1, -0.05) is 0 Å². The van der Waals surface area contributed by atoms with E-state index in [1.54, 1.807) is 30.4 Å². The van der Waals surface area contributed by atoms with Crippen LogP contribution in [0.4, 0.5) is 0 Å². The number of phenols is 1. The van der Waals surface area contributed by atoms with Crippen LogP contribution in [0.5, 0.6) is 34.5 Å². The van der Waals surface area contributed by atoms with Crippen molar-refractivity contribution in [2.24, 2.45) is 0 Å². The summed E-state index contributed by atoms with van der Waals surface area (Å²) in [4.78, 5) is 13.0. The summed E-state index contributed by atoms with van der Waals surface area (Å²) in [5.41, 5.74) is 0.556. The molecule has 0 aromatic heterocycles. The molecule has 0 radical (unpaired) electrons. The highest BCUT2D eigenvalue weighted by Gasteiger charge is 2.28. The Kier molecular flexibility index (Phi) is 6.15. The Morgan fingerprint density at radius 3 is 2.29 bits per heavy atom. The van der Waals surface area contributed by atoms with Crippen molar-refractivity contribution >= 4 is 17.9 Å². The number of hydrogen-bond acceptors (Lipinski definition) is 7. The van der Waals surface area contributed by atoms with Crippen molar-refractivity contribution in [2.75, 3.05) is 28.4 Å². The van der Waals surface area contributed by atoms with Gasteiger partial charge in [0.15, 0.2) is 17.3 Å². The summed E-state index contributed by atoms with van der Waals surface area (Å²) >= 11 is 0. The topological polar surface area (TPSA) is 83.5 Å². The van der Waals surface area contributed by atoms with Gasteiger partial charge in [-0.3, -0.25) is 4.79 Å². The molecule has 1 aliphatic heterocycles. The van der Waals surface area contributed by atoms with Gasteiger partial charge >= 0.3 is 0 Å². The largest absolute Gasteiger partial charge is 0.506 e. The van der Waals surface area contributed by atoms with Gasteiger partial charge in [0.05, 0.1) is 34.0 Å². The first-order valence-corrected chi connectivity index (χ1v) is 9.59. The second kappa shape index (κ2) is 8.63. The highest BCUT2D eigenvalue weighted by molar-refractivity contribution is 6.11. The molecule has 1 N–H and O–H groups in total. The van der Waals surface area contributed by atoms with E-state index >= 15 is 0 Å². The van der Waals surface area contributed by atoms with Crippen LogP contribution in [0, 0.1) is 0 Å². The van der Waals surface area contributed by atoms with E-state index in [0.29, 0.717) is 34.1 Å². The van der Waals surface area contributed by atoms with Crippen LogP contribution in [0.1, 0.15) is 35.3 Å². The third-order valence-electron chi connectivity index (χ3n) is 4.91. The van der Waals surface area contributed by atoms with E-state index < -0.39 is 11.4 Å². The molecule has 31 heavy (non-hydrogen) atoms. The number of methoxy groups -OCH3 is 4. The molecule has 0 spiro atoms. The van der Waals surface area contributed by atoms with Gasteiger partial charge < -0.3 is 28.8 Å². The molecule has 3 rings (SSSR count). The van der Waals surface area contributed by atoms with Crippen LogP contribution in [0.2, 0.25) is 0 Å². The lowest BCUT2D eigenvalue weighted by molar-refractivity contribution is 0.104. The van der Waals surface area contributed by atoms with Gasteiger partial charge in [-0.2, -0.15) is 0 Å². The van der Waals surface area contributed by atoms with Crippen molar-refractivity contribution in [3.63, 3.8) is 0 Å². The SMILES string of the molecule is COc1ccc(/C=C/C(=O)c2c(OC)cc3c(c2O)C=CC(C)(C)O3)c(OC)c1OC. The Hall–Kier alpha value is -3.61. The van der Waals surface area contributed by atoms with Crippen molar-refractivity contribution in [3.05, 3.63) is 47.0 Å². The van der Waals surface area contributed by atoms with E-state index in [9.17, 15) is 9.90 Å². The zero-order valence-corrected chi connectivity index (χ0v) is 18.4. The minimum absolute atomic E-state index is 0.0462. The number of carbonyl (C=O) groups is 1. The Labute approximate surface area is 181 Å². The molecule has 0 bridgehead atoms. The lowest BCUT2D eigenvalue weighted by atomic mass is 9.97. The van der Waals surface area contributed by atoms with E-state index in [-0.39, 0.29) is 17.1 Å². The highest BCUT2D eigenvalue weighted by atomic mass is 16.5. The predicted molar refractivity (Wildman–Crippen MR) is 118 cm³/mol. The van der Waals surface area contributed by atoms with Gasteiger partial charge in [-0.15, -0.1) is 0 Å². The van der Waals surface area contributed by atoms with E-state index in [1.807, 2.05) is 19.9 Å². The number of hydrogen-bond donors (Lipinski definition) is 1. The fourth-order valence-electron chi connectivity index (χ4n) is 3.39. The molecule has 0 saturated heterocycles. The lowest BCUT2D eigenvalue weighted by Crippen LogP contribution is -2.27. The van der Waals surface area contributed by atoms with Gasteiger partial charge in [0.1, 0.15) is 28.4 Å². The summed E-state index contributed by atoms with van der Waals surface area (Å²) in [5.74, 6) is 1.37. The van der Waals surface area contributed by atoms with Crippen molar-refractivity contribution in [3.8, 4) is 34.5 Å². The van der Waals surface area contributed by atoms with Gasteiger partial charge in [-0.25, -0.2) is 0 Å². The molecular weight excluding hydrogens is 400 g/mol. The number of ketones is 1. The molecule has 0 amide bonds. The van der Waals surface area contributed by atoms with E-state index in [2.05, 4.69) is 0 Å². The number of benzene rings is 2. The van der Waals surface area contributed by atoms with Crippen molar-refractivity contribution in [1.29, 1.82) is 0 Å². The normalized spacial score (nSPS) is 14.0. The van der Waals surface area contributed by atoms with Gasteiger partial charge in [0, 0.05) is 11.6 Å². The van der Waals surface area contributed by atoms with Crippen LogP contribution in [-0.2, 0) is 0 Å². The number of rotatable bonds is 7. The Morgan fingerprint density at radius 1 is 1.00 bits per heavy atom. The molecule has 1 heterocycles. The molecule has 164 valence electrons. The zero-order chi connectivity index (χ0) is 22.8. The van der Waals surface area contributed by atoms with Crippen molar-refractivity contribution in [2.45, 2.75) is 19.4 Å². The average Bonchev–Trinajstić information content (AvgIpc) is 2.75. The maximum Gasteiger partial charge on any atom is 0.203 e. The van der Waals surface area contributed by atoms with Gasteiger partial charge in [-0.05, 0) is 50.3 Å². The van der Waals surface area contributed by atoms with Crippen LogP contribution in [-0.4, -0.2) is 44.9 Å². The maximum atomic E-state index is 13.0. The Bertz CT molecular complexity index is 1060. The van der Waals surface area contributed by atoms with Crippen LogP contribution in [0.3, 0.4) is 0 Å². The monoisotopic (exact) mass is 426 g/mol. The summed E-state index contributed by atoms with van der Waals surface area (Å²) in [7, 11) is 5.97. The summed E-state index contributed by atoms with van der Waals surface area (Å²) in [6.07, 6.45) is 6.48. The third-order valence-corrected chi connectivity index (χ3v) is 4.91. The molecule has 2 aromatic carbocycles. The number of phenolic OH excluding ortho intramolecular Hbond substituents is 1. The van der Waals surface area contributed by atoms with Crippen LogP contribution in [0.15, 0.2) is 30.4 Å². The smallest absolute Gasteiger partial charge is 0.203 e. The maximum absolute atomic E-state index is 13.0. The minimum Gasteiger partial charge on any atom is -0.506 e. The summed E-state index contributed by atoms with van der Waals surface area (Å²) in [5, 5.41) is 10.8. The van der Waals surface area contributed by atoms with Crippen LogP contribution < -0.4 is 23.7 Å². The number of aromatic hydroxyl groups is 1. The molecule has 0 saturated carbocycles. The Balaban J connectivity index is 2.03. The van der Waals surface area contributed by atoms with Crippen molar-refractivity contribution < 1.29 is 33.6 Å². The second-order valence-electron chi connectivity index (χ2n) is 7.37. The van der Waals surface area contributed by atoms with Gasteiger partial charge in [0.25, 0.3) is 0 Å². The summed E-state index contributed by atoms with van der Waals surface area (Å²) in [6, 6.07) is 5.07. The molecule has 7 nitrogen and oxygen atoms in total. The Morgan fingerprint density at radius 2 is 1.68 bits per heavy atom. The first kappa shape index (κ1) is 22.1. The average molecular weight is 426 g/mol. The van der Waals surface area contributed by atoms with Crippen LogP contribution in [0.25, 0.3) is 12.2 Å². The third kappa shape index (κ3) is 4.17. The molecule has 2 aromatic rings. The number of fused-ring (bicyclic) bond motifs is 1. The van der Waals surface area contributed by atoms with E-state index in [0.717, 1.165) is 0 Å². The first-order valence-electron chi connectivity index (χ1n) is 9.59. The zero-order valence-electron chi connectivity index (χ0n) is 18.4. The van der Waals surface area contributed by atoms with E-state index in [1.165, 1.54) is 34.5 Å². The predicted octanol–water partition coefficient (Wildman–Crippen LogP) is 4.51. The molecule has 7 heteroatoms. The molecule has 0 atom stereocenters. The molecule has 0 aliphatic carbocycles. The van der Waals surface area contributed by atoms with Crippen molar-refractivity contribution in [1.82, 2.24) is 0 Å². The second-order valence-corrected chi connectivity index (χ2v) is 7.37. The standard InChI is InChI=1S/C24H26O7/c1-24(2)12-11-15-18(31-24)13-19(28-4)20(21(15)26)16(25)9-7-14-8-10-17(27-3)23(30-6)22(14)29-5/h7-13,26H,1-6H3/b9-7+. The lowest BCUT2D eigenvalue weighted by Gasteiger charge is -2.29. The molecule has 0 fully saturated rings. The molecule has 0 unspecified atom stereocenters. The fraction of sp³-hybridized carbons (Fsp3) is 0.292. The first-order chi connectivity index (χ1) is 14.8. The minimum atomic E-state index is -0.528.